The number of carbonyl (C=O) groups is 1. The summed E-state index contributed by atoms with van der Waals surface area (Å²) in [6, 6.07) is 1.88. The van der Waals surface area contributed by atoms with Gasteiger partial charge in [0.2, 0.25) is 11.8 Å². The Kier molecular flexibility index (Phi) is 5.42. The second-order valence-electron chi connectivity index (χ2n) is 7.52. The number of aromatic nitrogens is 6. The van der Waals surface area contributed by atoms with Gasteiger partial charge in [-0.05, 0) is 31.9 Å². The minimum absolute atomic E-state index is 0.00214. The predicted octanol–water partition coefficient (Wildman–Crippen LogP) is 3.59. The van der Waals surface area contributed by atoms with Gasteiger partial charge >= 0.3 is 0 Å². The second-order valence-corrected chi connectivity index (χ2v) is 7.52. The van der Waals surface area contributed by atoms with Crippen molar-refractivity contribution < 1.29 is 22.7 Å². The fourth-order valence-corrected chi connectivity index (χ4v) is 3.62. The van der Waals surface area contributed by atoms with Crippen molar-refractivity contribution in [2.45, 2.75) is 31.9 Å². The van der Waals surface area contributed by atoms with E-state index < -0.39 is 17.7 Å². The highest BCUT2D eigenvalue weighted by atomic mass is 19.1. The molecule has 1 aliphatic rings. The molecule has 0 bridgehead atoms. The molecule has 0 saturated heterocycles. The molecule has 33 heavy (non-hydrogen) atoms. The summed E-state index contributed by atoms with van der Waals surface area (Å²) < 4.78 is 40.8. The molecule has 0 spiro atoms. The van der Waals surface area contributed by atoms with Crippen LogP contribution >= 0.6 is 0 Å². The minimum atomic E-state index is -0.862. The number of aromatic amines is 1. The Labute approximate surface area is 186 Å². The lowest BCUT2D eigenvalue weighted by Gasteiger charge is -2.34. The molecule has 12 heteroatoms. The van der Waals surface area contributed by atoms with E-state index >= 15 is 0 Å². The third kappa shape index (κ3) is 4.12. The number of H-pyrrole nitrogens is 1. The zero-order valence-electron chi connectivity index (χ0n) is 17.5. The molecule has 0 atom stereocenters. The van der Waals surface area contributed by atoms with Crippen LogP contribution in [0.4, 0.5) is 14.5 Å². The highest BCUT2D eigenvalue weighted by Crippen LogP contribution is 2.37. The lowest BCUT2D eigenvalue weighted by atomic mass is 9.89. The van der Waals surface area contributed by atoms with Crippen LogP contribution in [0.2, 0.25) is 0 Å². The third-order valence-corrected chi connectivity index (χ3v) is 5.34. The number of ether oxygens (including phenoxy) is 1. The molecular formula is C21H19F2N7O3. The summed E-state index contributed by atoms with van der Waals surface area (Å²) in [5.74, 6) is -2.02. The molecule has 170 valence electrons. The van der Waals surface area contributed by atoms with Gasteiger partial charge in [-0.25, -0.2) is 14.4 Å². The van der Waals surface area contributed by atoms with Gasteiger partial charge in [0.25, 0.3) is 5.91 Å². The Morgan fingerprint density at radius 3 is 2.91 bits per heavy atom. The maximum absolute atomic E-state index is 14.5. The smallest absolute Gasteiger partial charge is 0.277 e. The summed E-state index contributed by atoms with van der Waals surface area (Å²) >= 11 is 0. The average molecular weight is 455 g/mol. The van der Waals surface area contributed by atoms with E-state index in [0.29, 0.717) is 12.2 Å². The molecule has 2 N–H and O–H groups in total. The normalized spacial score (nSPS) is 17.7. The first kappa shape index (κ1) is 20.9. The zero-order valence-corrected chi connectivity index (χ0v) is 17.5. The van der Waals surface area contributed by atoms with Gasteiger partial charge in [0, 0.05) is 19.0 Å². The fourth-order valence-electron chi connectivity index (χ4n) is 3.62. The number of hydrogen-bond donors (Lipinski definition) is 2. The fraction of sp³-hybridized carbons (Fsp3) is 0.286. The molecule has 0 aliphatic heterocycles. The second kappa shape index (κ2) is 8.54. The quantitative estimate of drug-likeness (QED) is 0.408. The van der Waals surface area contributed by atoms with Crippen LogP contribution in [-0.4, -0.2) is 48.6 Å². The zero-order chi connectivity index (χ0) is 22.9. The van der Waals surface area contributed by atoms with Gasteiger partial charge in [-0.1, -0.05) is 0 Å². The first-order valence-electron chi connectivity index (χ1n) is 10.3. The van der Waals surface area contributed by atoms with Crippen LogP contribution in [0.5, 0.6) is 0 Å². The lowest BCUT2D eigenvalue weighted by molar-refractivity contribution is -0.0226. The van der Waals surface area contributed by atoms with Crippen molar-refractivity contribution in [3.63, 3.8) is 0 Å². The van der Waals surface area contributed by atoms with Gasteiger partial charge in [0.05, 0.1) is 29.6 Å². The molecule has 4 aromatic rings. The van der Waals surface area contributed by atoms with Crippen molar-refractivity contribution in [3.05, 3.63) is 54.4 Å². The van der Waals surface area contributed by atoms with Gasteiger partial charge in [-0.2, -0.15) is 14.6 Å². The van der Waals surface area contributed by atoms with Crippen LogP contribution in [0, 0.1) is 11.8 Å². The van der Waals surface area contributed by atoms with E-state index in [-0.39, 0.29) is 40.8 Å². The minimum Gasteiger partial charge on any atom is -0.444 e. The molecule has 1 fully saturated rings. The number of oxazole rings is 1. The van der Waals surface area contributed by atoms with Gasteiger partial charge < -0.3 is 14.5 Å². The van der Waals surface area contributed by atoms with Crippen molar-refractivity contribution in [2.75, 3.05) is 11.9 Å². The van der Waals surface area contributed by atoms with Crippen LogP contribution in [-0.2, 0) is 4.74 Å². The van der Waals surface area contributed by atoms with Crippen LogP contribution in [0.25, 0.3) is 22.8 Å². The van der Waals surface area contributed by atoms with Crippen LogP contribution in [0.15, 0.2) is 41.4 Å². The number of pyridine rings is 1. The molecule has 1 saturated carbocycles. The Morgan fingerprint density at radius 1 is 1.30 bits per heavy atom. The molecule has 0 unspecified atom stereocenters. The standard InChI is InChI=1S/C21H19F2N7O3/c1-2-32-13-5-12(6-13)30-9-15(19(29-30)18-14(22)3-4-17(23)28-18)26-20(31)16-10-33-21(27-16)11-7-24-25-8-11/h3-4,7-10,12-13H,2,5-6H2,1H3,(H,24,25)(H,26,31)/t12-,13-. The monoisotopic (exact) mass is 455 g/mol. The number of amides is 1. The van der Waals surface area contributed by atoms with E-state index in [1.165, 1.54) is 12.5 Å². The largest absolute Gasteiger partial charge is 0.444 e. The average Bonchev–Trinajstić information content (AvgIpc) is 3.52. The van der Waals surface area contributed by atoms with E-state index in [0.717, 1.165) is 25.0 Å². The molecular weight excluding hydrogens is 436 g/mol. The SMILES string of the molecule is CCO[C@H]1C[C@H](n2cc(NC(=O)c3coc(-c4cn[nH]c4)n3)c(-c3nc(F)ccc3F)n2)C1. The summed E-state index contributed by atoms with van der Waals surface area (Å²) in [4.78, 5) is 20.6. The first-order chi connectivity index (χ1) is 16.0. The van der Waals surface area contributed by atoms with Crippen molar-refractivity contribution in [2.24, 2.45) is 0 Å². The highest BCUT2D eigenvalue weighted by molar-refractivity contribution is 6.04. The Balaban J connectivity index is 1.44. The number of rotatable bonds is 7. The summed E-state index contributed by atoms with van der Waals surface area (Å²) in [6.45, 7) is 2.53. The number of nitrogens with zero attached hydrogens (tertiary/aromatic N) is 5. The van der Waals surface area contributed by atoms with Crippen LogP contribution < -0.4 is 5.32 Å². The Morgan fingerprint density at radius 2 is 2.15 bits per heavy atom. The van der Waals surface area contributed by atoms with Gasteiger partial charge in [-0.3, -0.25) is 14.6 Å². The van der Waals surface area contributed by atoms with E-state index in [9.17, 15) is 13.6 Å². The van der Waals surface area contributed by atoms with Crippen LogP contribution in [0.3, 0.4) is 0 Å². The van der Waals surface area contributed by atoms with Crippen molar-refractivity contribution in [3.8, 4) is 22.8 Å². The van der Waals surface area contributed by atoms with Crippen molar-refractivity contribution in [1.82, 2.24) is 29.9 Å². The topological polar surface area (TPSA) is 124 Å². The van der Waals surface area contributed by atoms with E-state index in [1.807, 2.05) is 6.92 Å². The van der Waals surface area contributed by atoms with Gasteiger partial charge in [0.1, 0.15) is 17.7 Å². The summed E-state index contributed by atoms with van der Waals surface area (Å²) in [5, 5.41) is 13.5. The number of hydrogen-bond acceptors (Lipinski definition) is 7. The number of nitrogens with one attached hydrogen (secondary N) is 2. The first-order valence-corrected chi connectivity index (χ1v) is 10.3. The van der Waals surface area contributed by atoms with Crippen LogP contribution in [0.1, 0.15) is 36.3 Å². The molecule has 4 heterocycles. The number of carbonyl (C=O) groups excluding carboxylic acids is 1. The number of halogens is 2. The molecule has 10 nitrogen and oxygen atoms in total. The third-order valence-electron chi connectivity index (χ3n) is 5.34. The van der Waals surface area contributed by atoms with E-state index in [4.69, 9.17) is 9.15 Å². The van der Waals surface area contributed by atoms with Crippen molar-refractivity contribution in [1.29, 1.82) is 0 Å². The lowest BCUT2D eigenvalue weighted by Crippen LogP contribution is -2.33. The number of anilines is 1. The summed E-state index contributed by atoms with van der Waals surface area (Å²) in [5.41, 5.74) is 0.451. The molecule has 1 amide bonds. The maximum atomic E-state index is 14.5. The van der Waals surface area contributed by atoms with Crippen molar-refractivity contribution >= 4 is 11.6 Å². The molecule has 4 aromatic heterocycles. The Hall–Kier alpha value is -3.93. The maximum Gasteiger partial charge on any atom is 0.277 e. The molecule has 0 radical (unpaired) electrons. The summed E-state index contributed by atoms with van der Waals surface area (Å²) in [7, 11) is 0. The predicted molar refractivity (Wildman–Crippen MR) is 111 cm³/mol. The van der Waals surface area contributed by atoms with E-state index in [1.54, 1.807) is 17.1 Å². The molecule has 5 rings (SSSR count). The van der Waals surface area contributed by atoms with Gasteiger partial charge in [-0.15, -0.1) is 0 Å². The van der Waals surface area contributed by atoms with Gasteiger partial charge in [0.15, 0.2) is 11.5 Å². The molecule has 0 aromatic carbocycles. The van der Waals surface area contributed by atoms with E-state index in [2.05, 4.69) is 30.6 Å². The summed E-state index contributed by atoms with van der Waals surface area (Å²) in [6.07, 6.45) is 7.40. The highest BCUT2D eigenvalue weighted by Gasteiger charge is 2.33. The Bertz CT molecular complexity index is 1280. The molecule has 1 aliphatic carbocycles.